The van der Waals surface area contributed by atoms with Crippen LogP contribution in [0.5, 0.6) is 0 Å². The summed E-state index contributed by atoms with van der Waals surface area (Å²) in [6, 6.07) is 0. The third kappa shape index (κ3) is 2.94. The molecule has 2 heteroatoms. The Morgan fingerprint density at radius 3 is 2.53 bits per heavy atom. The third-order valence-electron chi connectivity index (χ3n) is 4.14. The van der Waals surface area contributed by atoms with Gasteiger partial charge in [0.2, 0.25) is 0 Å². The fraction of sp³-hybridized carbons (Fsp3) is 1.00. The molecule has 1 aliphatic heterocycles. The fourth-order valence-corrected chi connectivity index (χ4v) is 3.38. The first kappa shape index (κ1) is 11.4. The SMILES string of the molecule is OCCCC(C1CCCC1)C1CCCO1. The number of aliphatic hydroxyl groups excluding tert-OH is 1. The van der Waals surface area contributed by atoms with Crippen molar-refractivity contribution in [3.63, 3.8) is 0 Å². The second kappa shape index (κ2) is 5.86. The maximum absolute atomic E-state index is 8.96. The van der Waals surface area contributed by atoms with Crippen LogP contribution >= 0.6 is 0 Å². The standard InChI is InChI=1S/C13H24O2/c14-9-3-7-12(11-5-1-2-6-11)13-8-4-10-15-13/h11-14H,1-10H2. The van der Waals surface area contributed by atoms with E-state index in [-0.39, 0.29) is 0 Å². The van der Waals surface area contributed by atoms with E-state index < -0.39 is 0 Å². The van der Waals surface area contributed by atoms with Crippen molar-refractivity contribution in [1.82, 2.24) is 0 Å². The molecule has 2 aliphatic rings. The Hall–Kier alpha value is -0.0800. The lowest BCUT2D eigenvalue weighted by atomic mass is 9.82. The van der Waals surface area contributed by atoms with Crippen LogP contribution in [0.25, 0.3) is 0 Å². The molecule has 0 aromatic heterocycles. The van der Waals surface area contributed by atoms with Gasteiger partial charge in [0.25, 0.3) is 0 Å². The van der Waals surface area contributed by atoms with Crippen LogP contribution in [0, 0.1) is 11.8 Å². The van der Waals surface area contributed by atoms with Gasteiger partial charge in [0.05, 0.1) is 6.10 Å². The van der Waals surface area contributed by atoms with Gasteiger partial charge >= 0.3 is 0 Å². The Balaban J connectivity index is 1.88. The van der Waals surface area contributed by atoms with Crippen LogP contribution in [-0.2, 0) is 4.74 Å². The Morgan fingerprint density at radius 2 is 1.93 bits per heavy atom. The molecule has 15 heavy (non-hydrogen) atoms. The summed E-state index contributed by atoms with van der Waals surface area (Å²) in [5, 5.41) is 8.96. The van der Waals surface area contributed by atoms with E-state index >= 15 is 0 Å². The molecule has 2 unspecified atom stereocenters. The van der Waals surface area contributed by atoms with Gasteiger partial charge < -0.3 is 9.84 Å². The largest absolute Gasteiger partial charge is 0.396 e. The van der Waals surface area contributed by atoms with Gasteiger partial charge in [0.15, 0.2) is 0 Å². The lowest BCUT2D eigenvalue weighted by Gasteiger charge is -2.28. The van der Waals surface area contributed by atoms with Crippen molar-refractivity contribution in [1.29, 1.82) is 0 Å². The highest BCUT2D eigenvalue weighted by molar-refractivity contribution is 4.83. The van der Waals surface area contributed by atoms with E-state index in [1.54, 1.807) is 0 Å². The minimum atomic E-state index is 0.343. The van der Waals surface area contributed by atoms with Crippen LogP contribution in [0.1, 0.15) is 51.4 Å². The van der Waals surface area contributed by atoms with Crippen LogP contribution < -0.4 is 0 Å². The van der Waals surface area contributed by atoms with Crippen LogP contribution in [0.3, 0.4) is 0 Å². The van der Waals surface area contributed by atoms with Crippen LogP contribution in [0.4, 0.5) is 0 Å². The molecule has 0 spiro atoms. The first-order chi connectivity index (χ1) is 7.42. The van der Waals surface area contributed by atoms with Crippen LogP contribution in [-0.4, -0.2) is 24.4 Å². The summed E-state index contributed by atoms with van der Waals surface area (Å²) in [6.07, 6.45) is 10.8. The summed E-state index contributed by atoms with van der Waals surface area (Å²) in [4.78, 5) is 0. The molecule has 1 saturated heterocycles. The molecule has 1 N–H and O–H groups in total. The average Bonchev–Trinajstić information content (AvgIpc) is 2.90. The van der Waals surface area contributed by atoms with Gasteiger partial charge in [0, 0.05) is 13.2 Å². The molecule has 2 fully saturated rings. The first-order valence-corrected chi connectivity index (χ1v) is 6.64. The predicted molar refractivity (Wildman–Crippen MR) is 60.7 cm³/mol. The van der Waals surface area contributed by atoms with Crippen molar-refractivity contribution in [3.8, 4) is 0 Å². The maximum Gasteiger partial charge on any atom is 0.0606 e. The van der Waals surface area contributed by atoms with Crippen LogP contribution in [0.2, 0.25) is 0 Å². The zero-order valence-corrected chi connectivity index (χ0v) is 9.66. The van der Waals surface area contributed by atoms with Crippen molar-refractivity contribution < 1.29 is 9.84 Å². The lowest BCUT2D eigenvalue weighted by Crippen LogP contribution is -2.26. The number of hydrogen-bond donors (Lipinski definition) is 1. The first-order valence-electron chi connectivity index (χ1n) is 6.64. The Kier molecular flexibility index (Phi) is 4.45. The molecular formula is C13H24O2. The van der Waals surface area contributed by atoms with E-state index in [0.717, 1.165) is 24.9 Å². The van der Waals surface area contributed by atoms with Gasteiger partial charge in [-0.2, -0.15) is 0 Å². The molecule has 2 nitrogen and oxygen atoms in total. The van der Waals surface area contributed by atoms with E-state index in [9.17, 15) is 0 Å². The second-order valence-electron chi connectivity index (χ2n) is 5.13. The Morgan fingerprint density at radius 1 is 1.13 bits per heavy atom. The lowest BCUT2D eigenvalue weighted by molar-refractivity contribution is 0.0318. The van der Waals surface area contributed by atoms with Gasteiger partial charge in [-0.3, -0.25) is 0 Å². The molecule has 0 amide bonds. The molecule has 2 atom stereocenters. The summed E-state index contributed by atoms with van der Waals surface area (Å²) >= 11 is 0. The topological polar surface area (TPSA) is 29.5 Å². The number of ether oxygens (including phenoxy) is 1. The Bertz CT molecular complexity index is 153. The van der Waals surface area contributed by atoms with E-state index in [4.69, 9.17) is 9.84 Å². The van der Waals surface area contributed by atoms with Gasteiger partial charge in [-0.1, -0.05) is 25.7 Å². The van der Waals surface area contributed by atoms with Crippen molar-refractivity contribution >= 4 is 0 Å². The zero-order valence-electron chi connectivity index (χ0n) is 9.66. The molecule has 0 bridgehead atoms. The maximum atomic E-state index is 8.96. The smallest absolute Gasteiger partial charge is 0.0606 e. The van der Waals surface area contributed by atoms with Crippen molar-refractivity contribution in [3.05, 3.63) is 0 Å². The minimum absolute atomic E-state index is 0.343. The van der Waals surface area contributed by atoms with E-state index in [0.29, 0.717) is 12.7 Å². The zero-order chi connectivity index (χ0) is 10.5. The van der Waals surface area contributed by atoms with Crippen molar-refractivity contribution in [2.75, 3.05) is 13.2 Å². The molecule has 0 aromatic rings. The van der Waals surface area contributed by atoms with Gasteiger partial charge in [-0.25, -0.2) is 0 Å². The molecule has 1 saturated carbocycles. The highest BCUT2D eigenvalue weighted by Gasteiger charge is 2.33. The monoisotopic (exact) mass is 212 g/mol. The Labute approximate surface area is 93.0 Å². The third-order valence-corrected chi connectivity index (χ3v) is 4.14. The van der Waals surface area contributed by atoms with E-state index in [1.807, 2.05) is 0 Å². The summed E-state index contributed by atoms with van der Waals surface area (Å²) in [6.45, 7) is 1.31. The molecule has 88 valence electrons. The summed E-state index contributed by atoms with van der Waals surface area (Å²) in [5.41, 5.74) is 0. The molecule has 1 aliphatic carbocycles. The molecule has 2 rings (SSSR count). The van der Waals surface area contributed by atoms with Gasteiger partial charge in [-0.05, 0) is 37.5 Å². The molecule has 0 radical (unpaired) electrons. The van der Waals surface area contributed by atoms with E-state index in [1.165, 1.54) is 44.9 Å². The van der Waals surface area contributed by atoms with Gasteiger partial charge in [-0.15, -0.1) is 0 Å². The number of hydrogen-bond acceptors (Lipinski definition) is 2. The normalized spacial score (nSPS) is 29.8. The second-order valence-corrected chi connectivity index (χ2v) is 5.13. The van der Waals surface area contributed by atoms with Crippen molar-refractivity contribution in [2.24, 2.45) is 11.8 Å². The molecule has 0 aromatic carbocycles. The number of aliphatic hydroxyl groups is 1. The molecule has 1 heterocycles. The summed E-state index contributed by atoms with van der Waals surface area (Å²) in [7, 11) is 0. The fourth-order valence-electron chi connectivity index (χ4n) is 3.38. The molecular weight excluding hydrogens is 188 g/mol. The predicted octanol–water partition coefficient (Wildman–Crippen LogP) is 2.74. The van der Waals surface area contributed by atoms with E-state index in [2.05, 4.69) is 0 Å². The highest BCUT2D eigenvalue weighted by atomic mass is 16.5. The minimum Gasteiger partial charge on any atom is -0.396 e. The highest BCUT2D eigenvalue weighted by Crippen LogP contribution is 2.39. The average molecular weight is 212 g/mol. The quantitative estimate of drug-likeness (QED) is 0.759. The van der Waals surface area contributed by atoms with Gasteiger partial charge in [0.1, 0.15) is 0 Å². The summed E-state index contributed by atoms with van der Waals surface area (Å²) in [5.74, 6) is 1.63. The number of rotatable bonds is 5. The van der Waals surface area contributed by atoms with Crippen LogP contribution in [0.15, 0.2) is 0 Å². The van der Waals surface area contributed by atoms with Crippen molar-refractivity contribution in [2.45, 2.75) is 57.5 Å². The summed E-state index contributed by atoms with van der Waals surface area (Å²) < 4.78 is 5.84.